The summed E-state index contributed by atoms with van der Waals surface area (Å²) in [6.07, 6.45) is 0. The van der Waals surface area contributed by atoms with E-state index in [-0.39, 0.29) is 39.7 Å². The first-order valence-corrected chi connectivity index (χ1v) is 12.1. The minimum absolute atomic E-state index is 0.0651. The molecule has 38 heavy (non-hydrogen) atoms. The third-order valence-electron chi connectivity index (χ3n) is 5.34. The number of carboxylic acids is 1. The summed E-state index contributed by atoms with van der Waals surface area (Å²) in [6.45, 7) is 1.49. The van der Waals surface area contributed by atoms with E-state index in [9.17, 15) is 29.1 Å². The quantitative estimate of drug-likeness (QED) is 0.244. The first-order chi connectivity index (χ1) is 18.1. The van der Waals surface area contributed by atoms with Crippen molar-refractivity contribution < 1.29 is 38.9 Å². The molecule has 0 saturated heterocycles. The van der Waals surface area contributed by atoms with Crippen molar-refractivity contribution in [3.63, 3.8) is 0 Å². The normalized spacial score (nSPS) is 11.2. The number of aryl methyl sites for hydroxylation is 1. The van der Waals surface area contributed by atoms with Crippen molar-refractivity contribution in [3.05, 3.63) is 86.6 Å². The Labute approximate surface area is 221 Å². The highest BCUT2D eigenvalue weighted by Gasteiger charge is 2.26. The zero-order valence-corrected chi connectivity index (χ0v) is 21.3. The van der Waals surface area contributed by atoms with Crippen LogP contribution in [0.4, 0.5) is 0 Å². The third-order valence-corrected chi connectivity index (χ3v) is 6.58. The number of aromatic hydroxyl groups is 1. The predicted octanol–water partition coefficient (Wildman–Crippen LogP) is 2.09. The van der Waals surface area contributed by atoms with Crippen molar-refractivity contribution in [2.24, 2.45) is 0 Å². The Hall–Kier alpha value is -4.71. The number of phenols is 1. The van der Waals surface area contributed by atoms with Gasteiger partial charge in [-0.1, -0.05) is 18.2 Å². The van der Waals surface area contributed by atoms with Gasteiger partial charge in [0.2, 0.25) is 0 Å². The molecule has 3 aromatic rings. The maximum absolute atomic E-state index is 12.9. The van der Waals surface area contributed by atoms with Gasteiger partial charge in [0.05, 0.1) is 22.4 Å². The van der Waals surface area contributed by atoms with Gasteiger partial charge < -0.3 is 30.9 Å². The maximum Gasteiger partial charge on any atom is 0.335 e. The number of thiophene rings is 1. The van der Waals surface area contributed by atoms with Crippen LogP contribution in [-0.4, -0.2) is 59.6 Å². The largest absolute Gasteiger partial charge is 0.508 e. The summed E-state index contributed by atoms with van der Waals surface area (Å²) in [5, 5.41) is 26.4. The van der Waals surface area contributed by atoms with E-state index in [0.717, 1.165) is 18.4 Å². The van der Waals surface area contributed by atoms with E-state index in [1.807, 2.05) is 0 Å². The predicted molar refractivity (Wildman–Crippen MR) is 137 cm³/mol. The molecular weight excluding hydrogens is 514 g/mol. The van der Waals surface area contributed by atoms with E-state index in [1.54, 1.807) is 25.1 Å². The highest BCUT2D eigenvalue weighted by molar-refractivity contribution is 7.16. The average molecular weight is 540 g/mol. The number of aromatic carboxylic acids is 1. The molecule has 3 amide bonds. The Kier molecular flexibility index (Phi) is 9.17. The Bertz CT molecular complexity index is 1380. The summed E-state index contributed by atoms with van der Waals surface area (Å²) in [4.78, 5) is 61.9. The van der Waals surface area contributed by atoms with Crippen LogP contribution in [0.1, 0.15) is 51.2 Å². The number of esters is 1. The number of carboxylic acid groups (broad SMARTS) is 1. The molecule has 1 atom stereocenters. The van der Waals surface area contributed by atoms with Gasteiger partial charge in [0.1, 0.15) is 11.8 Å². The Morgan fingerprint density at radius 2 is 1.63 bits per heavy atom. The van der Waals surface area contributed by atoms with E-state index < -0.39 is 35.7 Å². The lowest BCUT2D eigenvalue weighted by molar-refractivity contribution is -0.142. The van der Waals surface area contributed by atoms with Gasteiger partial charge in [-0.15, -0.1) is 11.3 Å². The molecule has 0 saturated carbocycles. The fraction of sp³-hybridized carbons (Fsp3) is 0.192. The summed E-state index contributed by atoms with van der Waals surface area (Å²) < 4.78 is 4.73. The van der Waals surface area contributed by atoms with Crippen molar-refractivity contribution in [2.75, 3.05) is 13.7 Å². The van der Waals surface area contributed by atoms with Gasteiger partial charge in [0, 0.05) is 18.7 Å². The third kappa shape index (κ3) is 7.17. The van der Waals surface area contributed by atoms with Gasteiger partial charge in [-0.2, -0.15) is 0 Å². The molecular formula is C26H25N3O8S. The van der Waals surface area contributed by atoms with E-state index in [0.29, 0.717) is 11.1 Å². The molecule has 1 heterocycles. The Morgan fingerprint density at radius 3 is 2.32 bits per heavy atom. The molecule has 0 aliphatic heterocycles. The summed E-state index contributed by atoms with van der Waals surface area (Å²) >= 11 is 0.932. The van der Waals surface area contributed by atoms with Crippen LogP contribution >= 0.6 is 11.3 Å². The van der Waals surface area contributed by atoms with Gasteiger partial charge >= 0.3 is 11.9 Å². The van der Waals surface area contributed by atoms with Crippen molar-refractivity contribution in [1.82, 2.24) is 16.0 Å². The first kappa shape index (κ1) is 27.9. The van der Waals surface area contributed by atoms with E-state index in [2.05, 4.69) is 16.0 Å². The molecule has 198 valence electrons. The maximum atomic E-state index is 12.9. The Morgan fingerprint density at radius 1 is 0.921 bits per heavy atom. The second-order valence-corrected chi connectivity index (χ2v) is 9.17. The van der Waals surface area contributed by atoms with Crippen molar-refractivity contribution in [2.45, 2.75) is 19.5 Å². The number of carbonyl (C=O) groups excluding carboxylic acids is 4. The van der Waals surface area contributed by atoms with Gasteiger partial charge in [-0.3, -0.25) is 14.4 Å². The molecule has 1 aromatic heterocycles. The molecule has 0 radical (unpaired) electrons. The number of ether oxygens (including phenoxy) is 1. The fourth-order valence-corrected chi connectivity index (χ4v) is 4.40. The minimum atomic E-state index is -1.25. The highest BCUT2D eigenvalue weighted by atomic mass is 32.1. The molecule has 0 bridgehead atoms. The molecule has 12 heteroatoms. The van der Waals surface area contributed by atoms with Crippen molar-refractivity contribution >= 4 is 41.0 Å². The number of carbonyl (C=O) groups is 5. The Balaban J connectivity index is 1.65. The van der Waals surface area contributed by atoms with Crippen LogP contribution in [-0.2, 0) is 16.1 Å². The van der Waals surface area contributed by atoms with Crippen molar-refractivity contribution in [1.29, 1.82) is 0 Å². The topological polar surface area (TPSA) is 171 Å². The molecule has 0 aliphatic rings. The monoisotopic (exact) mass is 539 g/mol. The van der Waals surface area contributed by atoms with Crippen LogP contribution in [0.25, 0.3) is 0 Å². The van der Waals surface area contributed by atoms with Crippen LogP contribution in [0.5, 0.6) is 5.75 Å². The minimum Gasteiger partial charge on any atom is -0.508 e. The van der Waals surface area contributed by atoms with E-state index in [1.165, 1.54) is 36.4 Å². The number of hydrogen-bond acceptors (Lipinski definition) is 8. The van der Waals surface area contributed by atoms with Crippen LogP contribution in [0.3, 0.4) is 0 Å². The zero-order valence-electron chi connectivity index (χ0n) is 20.4. The van der Waals surface area contributed by atoms with E-state index in [4.69, 9.17) is 9.84 Å². The zero-order chi connectivity index (χ0) is 27.8. The second kappa shape index (κ2) is 12.5. The lowest BCUT2D eigenvalue weighted by Gasteiger charge is -2.17. The number of nitrogens with one attached hydrogen (secondary N) is 3. The number of amides is 3. The lowest BCUT2D eigenvalue weighted by Crippen LogP contribution is -2.49. The van der Waals surface area contributed by atoms with Gasteiger partial charge in [-0.25, -0.2) is 9.59 Å². The number of methoxy groups -OCH3 is 1. The SMILES string of the molecule is COC(=O)[C@H](CNC(=O)c1cccc(C(=O)O)c1)NC(=O)c1sc(C(=O)NCc2cccc(O)c2)cc1C. The molecule has 11 nitrogen and oxygen atoms in total. The van der Waals surface area contributed by atoms with Gasteiger partial charge in [-0.05, 0) is 54.4 Å². The number of phenolic OH excluding ortho intramolecular Hbond substituents is 1. The summed E-state index contributed by atoms with van der Waals surface area (Å²) in [6, 6.07) is 12.1. The molecule has 2 aromatic carbocycles. The van der Waals surface area contributed by atoms with Crippen molar-refractivity contribution in [3.8, 4) is 5.75 Å². The van der Waals surface area contributed by atoms with Gasteiger partial charge in [0.15, 0.2) is 0 Å². The van der Waals surface area contributed by atoms with Gasteiger partial charge in [0.25, 0.3) is 17.7 Å². The standard InChI is InChI=1S/C26H25N3O8S/c1-14-9-20(23(32)27-12-15-5-3-8-18(30)10-15)38-21(14)24(33)29-19(26(36)37-2)13-28-22(31)16-6-4-7-17(11-16)25(34)35/h3-11,19,30H,12-13H2,1-2H3,(H,27,32)(H,28,31)(H,29,33)(H,34,35)/t19-/m0/s1. The number of hydrogen-bond donors (Lipinski definition) is 5. The van der Waals surface area contributed by atoms with Crippen LogP contribution < -0.4 is 16.0 Å². The smallest absolute Gasteiger partial charge is 0.335 e. The van der Waals surface area contributed by atoms with Crippen LogP contribution in [0.15, 0.2) is 54.6 Å². The number of benzene rings is 2. The lowest BCUT2D eigenvalue weighted by atomic mass is 10.1. The average Bonchev–Trinajstić information content (AvgIpc) is 3.30. The second-order valence-electron chi connectivity index (χ2n) is 8.12. The molecule has 0 fully saturated rings. The molecule has 0 unspecified atom stereocenters. The molecule has 3 rings (SSSR count). The number of rotatable bonds is 10. The molecule has 0 spiro atoms. The molecule has 0 aliphatic carbocycles. The summed E-state index contributed by atoms with van der Waals surface area (Å²) in [7, 11) is 1.13. The molecule has 5 N–H and O–H groups in total. The fourth-order valence-electron chi connectivity index (χ4n) is 3.40. The summed E-state index contributed by atoms with van der Waals surface area (Å²) in [5.74, 6) is -3.63. The highest BCUT2D eigenvalue weighted by Crippen LogP contribution is 2.22. The van der Waals surface area contributed by atoms with Crippen LogP contribution in [0.2, 0.25) is 0 Å². The van der Waals surface area contributed by atoms with E-state index >= 15 is 0 Å². The van der Waals surface area contributed by atoms with Crippen LogP contribution in [0, 0.1) is 6.92 Å². The first-order valence-electron chi connectivity index (χ1n) is 11.3. The summed E-state index contributed by atoms with van der Waals surface area (Å²) in [5.41, 5.74) is 1.19.